The lowest BCUT2D eigenvalue weighted by Crippen LogP contribution is -2.28. The van der Waals surface area contributed by atoms with Gasteiger partial charge in [-0.15, -0.1) is 0 Å². The molecule has 0 saturated heterocycles. The van der Waals surface area contributed by atoms with Crippen molar-refractivity contribution >= 4 is 39.2 Å². The maximum atomic E-state index is 16.0. The van der Waals surface area contributed by atoms with Crippen molar-refractivity contribution in [3.63, 3.8) is 0 Å². The minimum Gasteiger partial charge on any atom is -0.361 e. The summed E-state index contributed by atoms with van der Waals surface area (Å²) in [5, 5.41) is 3.72. The van der Waals surface area contributed by atoms with Crippen molar-refractivity contribution in [2.24, 2.45) is 0 Å². The molecule has 0 bridgehead atoms. The molecular weight excluding hydrogens is 445 g/mol. The Morgan fingerprint density at radius 2 is 1.82 bits per heavy atom. The van der Waals surface area contributed by atoms with Crippen molar-refractivity contribution in [1.29, 1.82) is 0 Å². The second-order valence-electron chi connectivity index (χ2n) is 7.49. The van der Waals surface area contributed by atoms with Gasteiger partial charge in [0.25, 0.3) is 5.56 Å². The molecule has 0 aliphatic rings. The Morgan fingerprint density at radius 1 is 1.03 bits per heavy atom. The second kappa shape index (κ2) is 8.14. The first-order valence-corrected chi connectivity index (χ1v) is 10.5. The summed E-state index contributed by atoms with van der Waals surface area (Å²) in [4.78, 5) is 37.2. The molecular formula is C24H17ClFN5O2. The van der Waals surface area contributed by atoms with Gasteiger partial charge in [-0.1, -0.05) is 41.9 Å². The third kappa shape index (κ3) is 3.44. The van der Waals surface area contributed by atoms with Gasteiger partial charge in [-0.25, -0.2) is 14.4 Å². The number of pyridine rings is 2. The van der Waals surface area contributed by atoms with Crippen molar-refractivity contribution in [1.82, 2.24) is 19.5 Å². The van der Waals surface area contributed by atoms with Gasteiger partial charge in [-0.3, -0.25) is 14.2 Å². The smallest absolute Gasteiger partial charge is 0.264 e. The van der Waals surface area contributed by atoms with Crippen molar-refractivity contribution in [3.05, 3.63) is 104 Å². The fraction of sp³-hybridized carbons (Fsp3) is 0.0833. The van der Waals surface area contributed by atoms with Crippen LogP contribution in [0.4, 0.5) is 10.2 Å². The highest BCUT2D eigenvalue weighted by atomic mass is 35.5. The topological polar surface area (TPSA) is 92.7 Å². The Balaban J connectivity index is 1.77. The summed E-state index contributed by atoms with van der Waals surface area (Å²) in [6.07, 6.45) is 2.79. The number of hydrogen-bond acceptors (Lipinski definition) is 5. The Bertz CT molecular complexity index is 1630. The molecule has 2 N–H and O–H groups in total. The van der Waals surface area contributed by atoms with E-state index in [1.807, 2.05) is 0 Å². The molecule has 9 heteroatoms. The van der Waals surface area contributed by atoms with Crippen molar-refractivity contribution in [2.45, 2.75) is 13.0 Å². The molecule has 5 rings (SSSR count). The number of para-hydroxylation sites is 1. The number of benzene rings is 2. The largest absolute Gasteiger partial charge is 0.361 e. The first-order chi connectivity index (χ1) is 16.0. The summed E-state index contributed by atoms with van der Waals surface area (Å²) < 4.78 is 17.3. The Labute approximate surface area is 191 Å². The molecule has 1 atom stereocenters. The van der Waals surface area contributed by atoms with E-state index in [-0.39, 0.29) is 38.1 Å². The predicted molar refractivity (Wildman–Crippen MR) is 127 cm³/mol. The number of H-pyrrole nitrogens is 1. The van der Waals surface area contributed by atoms with Crippen LogP contribution in [0.25, 0.3) is 27.5 Å². The molecule has 0 radical (unpaired) electrons. The van der Waals surface area contributed by atoms with E-state index in [0.717, 1.165) is 0 Å². The van der Waals surface area contributed by atoms with Crippen LogP contribution in [0.15, 0.2) is 76.7 Å². The highest BCUT2D eigenvalue weighted by molar-refractivity contribution is 6.35. The molecule has 0 amide bonds. The SMILES string of the molecule is CC(Nc1ncnc2[nH]ccc(=O)c12)c1c(F)c2cccc(Cl)c2c(=O)n1-c1ccccc1. The molecule has 0 aliphatic carbocycles. The number of aromatic amines is 1. The summed E-state index contributed by atoms with van der Waals surface area (Å²) >= 11 is 6.29. The third-order valence-electron chi connectivity index (χ3n) is 5.46. The van der Waals surface area contributed by atoms with Crippen molar-refractivity contribution in [3.8, 4) is 5.69 Å². The number of nitrogens with zero attached hydrogens (tertiary/aromatic N) is 3. The number of hydrogen-bond donors (Lipinski definition) is 2. The molecule has 3 aromatic heterocycles. The molecule has 164 valence electrons. The molecule has 1 unspecified atom stereocenters. The van der Waals surface area contributed by atoms with Crippen LogP contribution < -0.4 is 16.3 Å². The molecule has 5 aromatic rings. The van der Waals surface area contributed by atoms with E-state index in [1.54, 1.807) is 49.4 Å². The molecule has 0 saturated carbocycles. The fourth-order valence-electron chi connectivity index (χ4n) is 3.99. The van der Waals surface area contributed by atoms with E-state index >= 15 is 4.39 Å². The Kier molecular flexibility index (Phi) is 5.14. The third-order valence-corrected chi connectivity index (χ3v) is 5.77. The van der Waals surface area contributed by atoms with Gasteiger partial charge in [0.05, 0.1) is 22.1 Å². The monoisotopic (exact) mass is 461 g/mol. The number of rotatable bonds is 4. The lowest BCUT2D eigenvalue weighted by molar-refractivity contribution is 0.583. The lowest BCUT2D eigenvalue weighted by Gasteiger charge is -2.22. The normalized spacial score (nSPS) is 12.2. The van der Waals surface area contributed by atoms with Crippen molar-refractivity contribution in [2.75, 3.05) is 5.32 Å². The van der Waals surface area contributed by atoms with Crippen LogP contribution in [-0.4, -0.2) is 19.5 Å². The van der Waals surface area contributed by atoms with Crippen LogP contribution in [0.2, 0.25) is 5.02 Å². The Morgan fingerprint density at radius 3 is 2.61 bits per heavy atom. The van der Waals surface area contributed by atoms with Gasteiger partial charge in [-0.05, 0) is 25.1 Å². The number of halogens is 2. The van der Waals surface area contributed by atoms with E-state index in [0.29, 0.717) is 11.3 Å². The quantitative estimate of drug-likeness (QED) is 0.408. The van der Waals surface area contributed by atoms with Crippen molar-refractivity contribution < 1.29 is 4.39 Å². The molecule has 2 aromatic carbocycles. The predicted octanol–water partition coefficient (Wildman–Crippen LogP) is 4.59. The summed E-state index contributed by atoms with van der Waals surface area (Å²) in [5.74, 6) is -0.366. The molecule has 7 nitrogen and oxygen atoms in total. The van der Waals surface area contributed by atoms with Gasteiger partial charge < -0.3 is 10.3 Å². The van der Waals surface area contributed by atoms with Gasteiger partial charge >= 0.3 is 0 Å². The zero-order valence-corrected chi connectivity index (χ0v) is 18.1. The zero-order chi connectivity index (χ0) is 23.1. The molecule has 3 heterocycles. The van der Waals surface area contributed by atoms with Crippen LogP contribution in [-0.2, 0) is 0 Å². The maximum absolute atomic E-state index is 16.0. The summed E-state index contributed by atoms with van der Waals surface area (Å²) in [6, 6.07) is 14.0. The van der Waals surface area contributed by atoms with E-state index < -0.39 is 17.4 Å². The highest BCUT2D eigenvalue weighted by Crippen LogP contribution is 2.30. The van der Waals surface area contributed by atoms with Gasteiger partial charge in [0.2, 0.25) is 0 Å². The van der Waals surface area contributed by atoms with Gasteiger partial charge in [-0.2, -0.15) is 0 Å². The lowest BCUT2D eigenvalue weighted by atomic mass is 10.1. The van der Waals surface area contributed by atoms with Gasteiger partial charge in [0.15, 0.2) is 11.2 Å². The minimum atomic E-state index is -0.751. The maximum Gasteiger partial charge on any atom is 0.264 e. The molecule has 0 fully saturated rings. The molecule has 0 spiro atoms. The second-order valence-corrected chi connectivity index (χ2v) is 7.90. The fourth-order valence-corrected chi connectivity index (χ4v) is 4.25. The number of anilines is 1. The van der Waals surface area contributed by atoms with E-state index in [9.17, 15) is 9.59 Å². The number of aromatic nitrogens is 4. The average molecular weight is 462 g/mol. The number of nitrogens with one attached hydrogen (secondary N) is 2. The Hall–Kier alpha value is -4.04. The first-order valence-electron chi connectivity index (χ1n) is 10.1. The van der Waals surface area contributed by atoms with E-state index in [2.05, 4.69) is 20.3 Å². The first kappa shape index (κ1) is 20.8. The summed E-state index contributed by atoms with van der Waals surface area (Å²) in [7, 11) is 0. The zero-order valence-electron chi connectivity index (χ0n) is 17.3. The van der Waals surface area contributed by atoms with Gasteiger partial charge in [0, 0.05) is 23.3 Å². The average Bonchev–Trinajstić information content (AvgIpc) is 2.81. The standard InChI is InChI=1S/C24H17ClFN5O2/c1-13(30-23-19-17(32)10-11-27-22(19)28-12-29-23)21-20(26)15-8-5-9-16(25)18(15)24(33)31(21)14-6-3-2-4-7-14/h2-13H,1H3,(H2,27,28,29,30,32). The summed E-state index contributed by atoms with van der Waals surface area (Å²) in [5.41, 5.74) is 0.179. The van der Waals surface area contributed by atoms with Crippen LogP contribution in [0, 0.1) is 5.82 Å². The minimum absolute atomic E-state index is 0.0834. The van der Waals surface area contributed by atoms with Crippen LogP contribution >= 0.6 is 11.6 Å². The van der Waals surface area contributed by atoms with E-state index in [1.165, 1.54) is 29.2 Å². The van der Waals surface area contributed by atoms with Gasteiger partial charge in [0.1, 0.15) is 23.2 Å². The van der Waals surface area contributed by atoms with Crippen LogP contribution in [0.3, 0.4) is 0 Å². The molecule has 0 aliphatic heterocycles. The van der Waals surface area contributed by atoms with Crippen LogP contribution in [0.1, 0.15) is 18.7 Å². The molecule has 33 heavy (non-hydrogen) atoms. The van der Waals surface area contributed by atoms with Crippen LogP contribution in [0.5, 0.6) is 0 Å². The van der Waals surface area contributed by atoms with E-state index in [4.69, 9.17) is 11.6 Å². The number of fused-ring (bicyclic) bond motifs is 2. The highest BCUT2D eigenvalue weighted by Gasteiger charge is 2.24. The summed E-state index contributed by atoms with van der Waals surface area (Å²) in [6.45, 7) is 1.69.